The Balaban J connectivity index is 1.98. The van der Waals surface area contributed by atoms with Crippen LogP contribution in [0.4, 0.5) is 0 Å². The van der Waals surface area contributed by atoms with Crippen molar-refractivity contribution in [3.05, 3.63) is 40.4 Å². The monoisotopic (exact) mass is 357 g/mol. The van der Waals surface area contributed by atoms with Crippen molar-refractivity contribution in [1.82, 2.24) is 24.6 Å². The summed E-state index contributed by atoms with van der Waals surface area (Å²) in [6.45, 7) is 0. The highest BCUT2D eigenvalue weighted by molar-refractivity contribution is 6.38. The largest absolute Gasteiger partial charge is 0.495 e. The molecule has 0 amide bonds. The summed E-state index contributed by atoms with van der Waals surface area (Å²) in [6.07, 6.45) is 0. The summed E-state index contributed by atoms with van der Waals surface area (Å²) in [5.74, 6) is 1.17. The second-order valence-electron chi connectivity index (χ2n) is 5.39. The molecule has 0 bridgehead atoms. The fourth-order valence-corrected chi connectivity index (χ4v) is 3.37. The van der Waals surface area contributed by atoms with Crippen LogP contribution >= 0.6 is 23.2 Å². The molecule has 118 valence electrons. The maximum atomic E-state index is 6.38. The lowest BCUT2D eigenvalue weighted by molar-refractivity contribution is 0.419. The highest BCUT2D eigenvalue weighted by Crippen LogP contribution is 2.35. The van der Waals surface area contributed by atoms with Crippen molar-refractivity contribution in [2.24, 2.45) is 0 Å². The number of H-pyrrole nitrogens is 1. The molecule has 0 aliphatic rings. The third kappa shape index (κ3) is 1.75. The van der Waals surface area contributed by atoms with Gasteiger partial charge >= 0.3 is 0 Å². The average molecular weight is 358 g/mol. The number of aromatic nitrogens is 5. The second-order valence-corrected chi connectivity index (χ2v) is 6.23. The van der Waals surface area contributed by atoms with Crippen LogP contribution in [0.15, 0.2) is 30.3 Å². The number of imidazole rings is 1. The van der Waals surface area contributed by atoms with Crippen LogP contribution in [0, 0.1) is 0 Å². The maximum absolute atomic E-state index is 6.38. The second kappa shape index (κ2) is 4.72. The molecule has 2 aromatic carbocycles. The van der Waals surface area contributed by atoms with Gasteiger partial charge in [0.05, 0.1) is 34.1 Å². The Kier molecular flexibility index (Phi) is 2.72. The van der Waals surface area contributed by atoms with Crippen molar-refractivity contribution in [2.45, 2.75) is 0 Å². The predicted octanol–water partition coefficient (Wildman–Crippen LogP) is 4.23. The Morgan fingerprint density at radius 2 is 2.00 bits per heavy atom. The quantitative estimate of drug-likeness (QED) is 0.487. The molecular weight excluding hydrogens is 349 g/mol. The van der Waals surface area contributed by atoms with Crippen molar-refractivity contribution < 1.29 is 4.74 Å². The van der Waals surface area contributed by atoms with E-state index in [2.05, 4.69) is 15.0 Å². The van der Waals surface area contributed by atoms with E-state index in [1.165, 1.54) is 0 Å². The van der Waals surface area contributed by atoms with Gasteiger partial charge in [-0.1, -0.05) is 23.2 Å². The van der Waals surface area contributed by atoms with Gasteiger partial charge in [0, 0.05) is 5.02 Å². The lowest BCUT2D eigenvalue weighted by atomic mass is 10.2. The van der Waals surface area contributed by atoms with Gasteiger partial charge in [-0.05, 0) is 30.3 Å². The summed E-state index contributed by atoms with van der Waals surface area (Å²) < 4.78 is 7.08. The SMILES string of the molecule is COc1ccc(Cl)c2c1[nH]c1nc3nc4cc(Cl)ccc4n3nc12. The summed E-state index contributed by atoms with van der Waals surface area (Å²) >= 11 is 12.4. The van der Waals surface area contributed by atoms with Crippen LogP contribution in [0.5, 0.6) is 5.75 Å². The van der Waals surface area contributed by atoms with E-state index in [-0.39, 0.29) is 0 Å². The Labute approximate surface area is 145 Å². The van der Waals surface area contributed by atoms with E-state index in [9.17, 15) is 0 Å². The van der Waals surface area contributed by atoms with Gasteiger partial charge < -0.3 is 9.72 Å². The minimum absolute atomic E-state index is 0.487. The number of halogens is 2. The molecule has 8 heteroatoms. The first-order chi connectivity index (χ1) is 11.7. The van der Waals surface area contributed by atoms with Crippen LogP contribution in [0.3, 0.4) is 0 Å². The summed E-state index contributed by atoms with van der Waals surface area (Å²) in [5.41, 5.74) is 3.60. The number of aromatic amines is 1. The van der Waals surface area contributed by atoms with E-state index in [0.717, 1.165) is 21.9 Å². The highest BCUT2D eigenvalue weighted by atomic mass is 35.5. The van der Waals surface area contributed by atoms with Crippen LogP contribution in [0.1, 0.15) is 0 Å². The van der Waals surface area contributed by atoms with Crippen LogP contribution in [-0.4, -0.2) is 31.7 Å². The third-order valence-corrected chi connectivity index (χ3v) is 4.58. The fourth-order valence-electron chi connectivity index (χ4n) is 2.96. The van der Waals surface area contributed by atoms with Crippen molar-refractivity contribution in [2.75, 3.05) is 7.11 Å². The van der Waals surface area contributed by atoms with Crippen molar-refractivity contribution >= 4 is 62.1 Å². The number of hydrogen-bond donors (Lipinski definition) is 1. The van der Waals surface area contributed by atoms with Crippen LogP contribution in [-0.2, 0) is 0 Å². The van der Waals surface area contributed by atoms with Gasteiger partial charge in [0.15, 0.2) is 5.65 Å². The molecule has 0 radical (unpaired) electrons. The molecule has 3 heterocycles. The van der Waals surface area contributed by atoms with Gasteiger partial charge in [-0.25, -0.2) is 4.98 Å². The normalized spacial score (nSPS) is 12.0. The first-order valence-electron chi connectivity index (χ1n) is 7.15. The molecule has 3 aromatic heterocycles. The first kappa shape index (κ1) is 13.8. The van der Waals surface area contributed by atoms with Crippen LogP contribution in [0.25, 0.3) is 38.9 Å². The molecule has 0 aliphatic carbocycles. The number of rotatable bonds is 1. The lowest BCUT2D eigenvalue weighted by Gasteiger charge is -2.01. The van der Waals surface area contributed by atoms with E-state index >= 15 is 0 Å². The van der Waals surface area contributed by atoms with Crippen LogP contribution < -0.4 is 4.74 Å². The fraction of sp³-hybridized carbons (Fsp3) is 0.0625. The van der Waals surface area contributed by atoms with Gasteiger partial charge in [0.1, 0.15) is 11.3 Å². The molecule has 24 heavy (non-hydrogen) atoms. The van der Waals surface area contributed by atoms with E-state index in [4.69, 9.17) is 33.0 Å². The van der Waals surface area contributed by atoms with E-state index in [1.807, 2.05) is 12.1 Å². The van der Waals surface area contributed by atoms with Crippen LogP contribution in [0.2, 0.25) is 10.0 Å². The standard InChI is InChI=1S/C16H9Cl2N5O/c1-24-11-5-3-8(18)12-13(11)20-15-14(12)22-23-10-4-2-7(17)6-9(10)19-16(23)21-15/h2-6H,1H3,(H,19,20,21). The zero-order chi connectivity index (χ0) is 16.4. The van der Waals surface area contributed by atoms with Crippen molar-refractivity contribution in [1.29, 1.82) is 0 Å². The van der Waals surface area contributed by atoms with Crippen molar-refractivity contribution in [3.63, 3.8) is 0 Å². The van der Waals surface area contributed by atoms with Gasteiger partial charge in [-0.2, -0.15) is 14.6 Å². The number of ether oxygens (including phenoxy) is 1. The number of methoxy groups -OCH3 is 1. The predicted molar refractivity (Wildman–Crippen MR) is 94.2 cm³/mol. The molecule has 0 fully saturated rings. The van der Waals surface area contributed by atoms with E-state index < -0.39 is 0 Å². The summed E-state index contributed by atoms with van der Waals surface area (Å²) in [4.78, 5) is 12.3. The lowest BCUT2D eigenvalue weighted by Crippen LogP contribution is -1.94. The minimum atomic E-state index is 0.487. The molecule has 0 aliphatic heterocycles. The molecule has 0 atom stereocenters. The number of nitrogens with one attached hydrogen (secondary N) is 1. The van der Waals surface area contributed by atoms with Crippen molar-refractivity contribution in [3.8, 4) is 5.75 Å². The number of fused-ring (bicyclic) bond motifs is 6. The molecule has 5 rings (SSSR count). The molecule has 0 saturated heterocycles. The Morgan fingerprint density at radius 1 is 1.12 bits per heavy atom. The average Bonchev–Trinajstić information content (AvgIpc) is 3.10. The summed E-state index contributed by atoms with van der Waals surface area (Å²) in [7, 11) is 1.61. The van der Waals surface area contributed by atoms with Gasteiger partial charge in [-0.15, -0.1) is 0 Å². The number of hydrogen-bond acceptors (Lipinski definition) is 4. The minimum Gasteiger partial charge on any atom is -0.495 e. The zero-order valence-electron chi connectivity index (χ0n) is 12.3. The molecule has 1 N–H and O–H groups in total. The topological polar surface area (TPSA) is 68.1 Å². The van der Waals surface area contributed by atoms with Gasteiger partial charge in [0.25, 0.3) is 5.78 Å². The smallest absolute Gasteiger partial charge is 0.253 e. The van der Waals surface area contributed by atoms with Gasteiger partial charge in [0.2, 0.25) is 0 Å². The molecular formula is C16H9Cl2N5O. The zero-order valence-corrected chi connectivity index (χ0v) is 13.9. The molecule has 0 spiro atoms. The first-order valence-corrected chi connectivity index (χ1v) is 7.91. The Hall–Kier alpha value is -2.57. The molecule has 0 saturated carbocycles. The molecule has 0 unspecified atom stereocenters. The highest BCUT2D eigenvalue weighted by Gasteiger charge is 2.17. The number of benzene rings is 2. The summed E-state index contributed by atoms with van der Waals surface area (Å²) in [5, 5.41) is 6.67. The maximum Gasteiger partial charge on any atom is 0.253 e. The number of nitrogens with zero attached hydrogens (tertiary/aromatic N) is 4. The molecule has 5 aromatic rings. The van der Waals surface area contributed by atoms with Gasteiger partial charge in [-0.3, -0.25) is 0 Å². The summed E-state index contributed by atoms with van der Waals surface area (Å²) in [6, 6.07) is 9.05. The van der Waals surface area contributed by atoms with E-state index in [1.54, 1.807) is 29.8 Å². The van der Waals surface area contributed by atoms with E-state index in [0.29, 0.717) is 32.7 Å². The Morgan fingerprint density at radius 3 is 2.83 bits per heavy atom. The molecule has 6 nitrogen and oxygen atoms in total. The third-order valence-electron chi connectivity index (χ3n) is 4.03. The Bertz CT molecular complexity index is 1270.